The van der Waals surface area contributed by atoms with Gasteiger partial charge in [0, 0.05) is 19.0 Å². The third-order valence-corrected chi connectivity index (χ3v) is 6.11. The van der Waals surface area contributed by atoms with Crippen molar-refractivity contribution >= 4 is 40.3 Å². The molecule has 1 amide bonds. The first-order chi connectivity index (χ1) is 14.4. The van der Waals surface area contributed by atoms with Gasteiger partial charge >= 0.3 is 0 Å². The quantitative estimate of drug-likeness (QED) is 0.325. The van der Waals surface area contributed by atoms with Gasteiger partial charge in [0.25, 0.3) is 5.91 Å². The lowest BCUT2D eigenvalue weighted by atomic mass is 10.1. The summed E-state index contributed by atoms with van der Waals surface area (Å²) < 4.78 is 17.9. The first-order valence-corrected chi connectivity index (χ1v) is 10.8. The molecule has 1 aliphatic heterocycles. The number of carbonyl (C=O) groups is 1. The van der Waals surface area contributed by atoms with Crippen LogP contribution in [0, 0.1) is 13.8 Å². The topological polar surface area (TPSA) is 48.0 Å². The van der Waals surface area contributed by atoms with E-state index in [0.29, 0.717) is 40.4 Å². The molecule has 0 aromatic heterocycles. The van der Waals surface area contributed by atoms with Gasteiger partial charge in [-0.3, -0.25) is 9.69 Å². The molecule has 0 N–H and O–H groups in total. The minimum Gasteiger partial charge on any atom is -0.493 e. The van der Waals surface area contributed by atoms with Crippen LogP contribution in [-0.4, -0.2) is 42.5 Å². The highest BCUT2D eigenvalue weighted by Gasteiger charge is 2.29. The summed E-state index contributed by atoms with van der Waals surface area (Å²) in [5.41, 5.74) is 3.11. The molecule has 1 aliphatic rings. The van der Waals surface area contributed by atoms with Crippen LogP contribution in [0.1, 0.15) is 23.1 Å². The maximum absolute atomic E-state index is 12.3. The number of hydrogen-bond donors (Lipinski definition) is 0. The van der Waals surface area contributed by atoms with E-state index in [4.69, 9.17) is 26.4 Å². The number of ether oxygens (including phenoxy) is 3. The van der Waals surface area contributed by atoms with Gasteiger partial charge in [0.2, 0.25) is 0 Å². The van der Waals surface area contributed by atoms with Crippen LogP contribution in [0.3, 0.4) is 0 Å². The van der Waals surface area contributed by atoms with E-state index >= 15 is 0 Å². The zero-order chi connectivity index (χ0) is 21.7. The van der Waals surface area contributed by atoms with E-state index in [1.807, 2.05) is 37.3 Å². The van der Waals surface area contributed by atoms with Gasteiger partial charge in [-0.05, 0) is 37.6 Å². The lowest BCUT2D eigenvalue weighted by Gasteiger charge is -2.14. The van der Waals surface area contributed by atoms with Crippen LogP contribution in [0.2, 0.25) is 0 Å². The van der Waals surface area contributed by atoms with E-state index in [-0.39, 0.29) is 5.91 Å². The number of nitrogens with zero attached hydrogens (tertiary/aromatic N) is 1. The number of thiocarbonyl (C=S) groups is 1. The van der Waals surface area contributed by atoms with Gasteiger partial charge in [0.1, 0.15) is 10.1 Å². The molecule has 0 aliphatic carbocycles. The summed E-state index contributed by atoms with van der Waals surface area (Å²) in [5, 5.41) is 0. The summed E-state index contributed by atoms with van der Waals surface area (Å²) in [7, 11) is 3.28. The standard InChI is InChI=1S/C23H25NO4S2/c1-15-9-10-18(16(2)13-15)27-11-6-12-28-21-17(7-5-8-19(21)26-4)14-20-22(25)24(3)23(29)30-20/h5,7-10,13-14H,6,11-12H2,1-4H3/b20-14-. The number of rotatable bonds is 8. The lowest BCUT2D eigenvalue weighted by molar-refractivity contribution is -0.121. The number of aryl methyl sites for hydroxylation is 2. The highest BCUT2D eigenvalue weighted by atomic mass is 32.2. The van der Waals surface area contributed by atoms with Gasteiger partial charge < -0.3 is 14.2 Å². The Morgan fingerprint density at radius 3 is 2.53 bits per heavy atom. The summed E-state index contributed by atoms with van der Waals surface area (Å²) in [6.45, 7) is 5.11. The number of hydrogen-bond acceptors (Lipinski definition) is 6. The second kappa shape index (κ2) is 10.00. The summed E-state index contributed by atoms with van der Waals surface area (Å²) in [6, 6.07) is 11.7. The van der Waals surface area contributed by atoms with Crippen molar-refractivity contribution in [3.05, 3.63) is 58.0 Å². The Morgan fingerprint density at radius 1 is 1.10 bits per heavy atom. The van der Waals surface area contributed by atoms with Crippen molar-refractivity contribution in [2.24, 2.45) is 0 Å². The lowest BCUT2D eigenvalue weighted by Crippen LogP contribution is -2.22. The zero-order valence-corrected chi connectivity index (χ0v) is 19.2. The normalized spacial score (nSPS) is 15.1. The van der Waals surface area contributed by atoms with E-state index in [1.165, 1.54) is 22.2 Å². The first-order valence-electron chi connectivity index (χ1n) is 9.62. The van der Waals surface area contributed by atoms with Crippen molar-refractivity contribution < 1.29 is 19.0 Å². The third-order valence-electron chi connectivity index (χ3n) is 4.63. The molecular formula is C23H25NO4S2. The fourth-order valence-electron chi connectivity index (χ4n) is 3.03. The molecule has 0 saturated carbocycles. The summed E-state index contributed by atoms with van der Waals surface area (Å²) in [4.78, 5) is 14.4. The Kier molecular flexibility index (Phi) is 7.39. The molecule has 1 fully saturated rings. The highest BCUT2D eigenvalue weighted by Crippen LogP contribution is 2.37. The summed E-state index contributed by atoms with van der Waals surface area (Å²) >= 11 is 6.49. The van der Waals surface area contributed by atoms with Crippen LogP contribution in [0.5, 0.6) is 17.2 Å². The SMILES string of the molecule is COc1cccc(/C=C2\SC(=S)N(C)C2=O)c1OCCCOc1ccc(C)cc1C. The molecule has 5 nitrogen and oxygen atoms in total. The zero-order valence-electron chi connectivity index (χ0n) is 17.6. The minimum atomic E-state index is -0.111. The molecular weight excluding hydrogens is 418 g/mol. The van der Waals surface area contributed by atoms with Crippen molar-refractivity contribution in [2.75, 3.05) is 27.4 Å². The largest absolute Gasteiger partial charge is 0.493 e. The Morgan fingerprint density at radius 2 is 1.87 bits per heavy atom. The van der Waals surface area contributed by atoms with Gasteiger partial charge in [-0.15, -0.1) is 0 Å². The fraction of sp³-hybridized carbons (Fsp3) is 0.304. The van der Waals surface area contributed by atoms with E-state index in [9.17, 15) is 4.79 Å². The maximum atomic E-state index is 12.3. The van der Waals surface area contributed by atoms with E-state index < -0.39 is 0 Å². The minimum absolute atomic E-state index is 0.111. The molecule has 3 rings (SSSR count). The number of amides is 1. The van der Waals surface area contributed by atoms with Crippen LogP contribution in [0.4, 0.5) is 0 Å². The predicted octanol–water partition coefficient (Wildman–Crippen LogP) is 4.99. The van der Waals surface area contributed by atoms with Gasteiger partial charge in [-0.2, -0.15) is 0 Å². The predicted molar refractivity (Wildman–Crippen MR) is 125 cm³/mol. The maximum Gasteiger partial charge on any atom is 0.265 e. The molecule has 30 heavy (non-hydrogen) atoms. The van der Waals surface area contributed by atoms with E-state index in [2.05, 4.69) is 13.0 Å². The Hall–Kier alpha value is -2.51. The molecule has 0 atom stereocenters. The Balaban J connectivity index is 1.65. The molecule has 1 heterocycles. The average Bonchev–Trinajstić information content (AvgIpc) is 2.96. The van der Waals surface area contributed by atoms with Crippen molar-refractivity contribution in [1.29, 1.82) is 0 Å². The van der Waals surface area contributed by atoms with Gasteiger partial charge in [0.15, 0.2) is 11.5 Å². The Bertz CT molecular complexity index is 987. The second-order valence-electron chi connectivity index (χ2n) is 6.94. The van der Waals surface area contributed by atoms with Gasteiger partial charge in [-0.25, -0.2) is 0 Å². The molecule has 2 aromatic carbocycles. The number of likely N-dealkylation sites (N-methyl/N-ethyl adjacent to an activating group) is 1. The number of benzene rings is 2. The van der Waals surface area contributed by atoms with Crippen LogP contribution in [0.15, 0.2) is 41.3 Å². The second-order valence-corrected chi connectivity index (χ2v) is 8.61. The van der Waals surface area contributed by atoms with Gasteiger partial charge in [-0.1, -0.05) is 53.8 Å². The van der Waals surface area contributed by atoms with E-state index in [0.717, 1.165) is 16.9 Å². The number of methoxy groups -OCH3 is 1. The highest BCUT2D eigenvalue weighted by molar-refractivity contribution is 8.26. The number of carbonyl (C=O) groups excluding carboxylic acids is 1. The fourth-order valence-corrected chi connectivity index (χ4v) is 4.20. The van der Waals surface area contributed by atoms with Crippen molar-refractivity contribution in [2.45, 2.75) is 20.3 Å². The Labute approximate surface area is 187 Å². The average molecular weight is 444 g/mol. The molecule has 0 spiro atoms. The molecule has 0 unspecified atom stereocenters. The molecule has 158 valence electrons. The van der Waals surface area contributed by atoms with Crippen LogP contribution in [0.25, 0.3) is 6.08 Å². The van der Waals surface area contributed by atoms with Crippen LogP contribution < -0.4 is 14.2 Å². The van der Waals surface area contributed by atoms with E-state index in [1.54, 1.807) is 20.2 Å². The third kappa shape index (κ3) is 5.15. The van der Waals surface area contributed by atoms with Crippen molar-refractivity contribution in [3.63, 3.8) is 0 Å². The number of para-hydroxylation sites is 1. The van der Waals surface area contributed by atoms with Gasteiger partial charge in [0.05, 0.1) is 25.2 Å². The van der Waals surface area contributed by atoms with Crippen LogP contribution >= 0.6 is 24.0 Å². The molecule has 2 aromatic rings. The molecule has 0 radical (unpaired) electrons. The smallest absolute Gasteiger partial charge is 0.265 e. The molecule has 0 bridgehead atoms. The molecule has 7 heteroatoms. The monoisotopic (exact) mass is 443 g/mol. The molecule has 1 saturated heterocycles. The number of thioether (sulfide) groups is 1. The first kappa shape index (κ1) is 22.2. The van der Waals surface area contributed by atoms with Crippen LogP contribution in [-0.2, 0) is 4.79 Å². The summed E-state index contributed by atoms with van der Waals surface area (Å²) in [6.07, 6.45) is 2.51. The summed E-state index contributed by atoms with van der Waals surface area (Å²) in [5.74, 6) is 2.00. The van der Waals surface area contributed by atoms with Crippen molar-refractivity contribution in [3.8, 4) is 17.2 Å². The van der Waals surface area contributed by atoms with Crippen molar-refractivity contribution in [1.82, 2.24) is 4.90 Å².